The van der Waals surface area contributed by atoms with Gasteiger partial charge in [-0.25, -0.2) is 0 Å². The van der Waals surface area contributed by atoms with Crippen molar-refractivity contribution in [2.45, 2.75) is 38.2 Å². The smallest absolute Gasteiger partial charge is 0.226 e. The Bertz CT molecular complexity index is 934. The second kappa shape index (κ2) is 8.85. The highest BCUT2D eigenvalue weighted by Gasteiger charge is 2.23. The summed E-state index contributed by atoms with van der Waals surface area (Å²) < 4.78 is 11.7. The molecule has 0 fully saturated rings. The number of amides is 1. The second-order valence-electron chi connectivity index (χ2n) is 7.58. The van der Waals surface area contributed by atoms with E-state index in [1.54, 1.807) is 11.3 Å². The van der Waals surface area contributed by atoms with Gasteiger partial charge in [0.1, 0.15) is 23.8 Å². The predicted molar refractivity (Wildman–Crippen MR) is 113 cm³/mol. The van der Waals surface area contributed by atoms with Gasteiger partial charge < -0.3 is 19.7 Å². The quantitative estimate of drug-likeness (QED) is 0.786. The number of fused-ring (bicyclic) bond motifs is 2. The fourth-order valence-corrected chi connectivity index (χ4v) is 5.10. The third-order valence-electron chi connectivity index (χ3n) is 5.34. The third-order valence-corrected chi connectivity index (χ3v) is 6.55. The van der Waals surface area contributed by atoms with E-state index in [0.717, 1.165) is 42.7 Å². The molecule has 1 aliphatic carbocycles. The lowest BCUT2D eigenvalue weighted by Crippen LogP contribution is -2.40. The first-order chi connectivity index (χ1) is 14.1. The number of anilines is 1. The number of thiophene rings is 1. The number of hydrogen-bond donors (Lipinski definition) is 1. The van der Waals surface area contributed by atoms with Crippen molar-refractivity contribution in [1.29, 1.82) is 5.26 Å². The molecule has 1 N–H and O–H groups in total. The fraction of sp³-hybridized carbons (Fsp3) is 0.455. The molecule has 1 aromatic heterocycles. The van der Waals surface area contributed by atoms with Crippen LogP contribution in [0.2, 0.25) is 0 Å². The highest BCUT2D eigenvalue weighted by Crippen LogP contribution is 2.37. The van der Waals surface area contributed by atoms with Crippen LogP contribution in [0.1, 0.15) is 35.3 Å². The van der Waals surface area contributed by atoms with Crippen LogP contribution in [0.3, 0.4) is 0 Å². The number of nitriles is 1. The summed E-state index contributed by atoms with van der Waals surface area (Å²) in [6.07, 6.45) is 4.54. The van der Waals surface area contributed by atoms with Crippen molar-refractivity contribution in [2.24, 2.45) is 0 Å². The summed E-state index contributed by atoms with van der Waals surface area (Å²) in [6.45, 7) is 1.79. The van der Waals surface area contributed by atoms with Gasteiger partial charge in [-0.1, -0.05) is 12.1 Å². The molecule has 1 amide bonds. The highest BCUT2D eigenvalue weighted by atomic mass is 32.1. The van der Waals surface area contributed by atoms with Gasteiger partial charge in [0.15, 0.2) is 11.5 Å². The van der Waals surface area contributed by atoms with Crippen molar-refractivity contribution >= 4 is 22.2 Å². The summed E-state index contributed by atoms with van der Waals surface area (Å²) in [5.74, 6) is 1.48. The van der Waals surface area contributed by atoms with Crippen molar-refractivity contribution in [2.75, 3.05) is 32.1 Å². The lowest BCUT2D eigenvalue weighted by molar-refractivity contribution is -0.116. The number of aryl methyl sites for hydroxylation is 1. The zero-order valence-corrected chi connectivity index (χ0v) is 17.4. The van der Waals surface area contributed by atoms with Crippen LogP contribution >= 0.6 is 11.3 Å². The number of hydrogen-bond acceptors (Lipinski definition) is 6. The number of likely N-dealkylation sites (N-methyl/N-ethyl adjacent to an activating group) is 1. The van der Waals surface area contributed by atoms with E-state index in [2.05, 4.69) is 16.3 Å². The largest absolute Gasteiger partial charge is 0.486 e. The van der Waals surface area contributed by atoms with Crippen LogP contribution < -0.4 is 14.8 Å². The van der Waals surface area contributed by atoms with Gasteiger partial charge in [-0.3, -0.25) is 4.79 Å². The van der Waals surface area contributed by atoms with Crippen LogP contribution in [-0.2, 0) is 17.6 Å². The minimum atomic E-state index is -0.0628. The summed E-state index contributed by atoms with van der Waals surface area (Å²) in [5, 5.41) is 13.2. The summed E-state index contributed by atoms with van der Waals surface area (Å²) in [7, 11) is 1.97. The lowest BCUT2D eigenvalue weighted by Gasteiger charge is -2.29. The van der Waals surface area contributed by atoms with Gasteiger partial charge in [-0.15, -0.1) is 11.3 Å². The minimum Gasteiger partial charge on any atom is -0.486 e. The summed E-state index contributed by atoms with van der Waals surface area (Å²) in [4.78, 5) is 15.8. The van der Waals surface area contributed by atoms with Crippen LogP contribution in [0, 0.1) is 11.3 Å². The van der Waals surface area contributed by atoms with Gasteiger partial charge in [0.25, 0.3) is 0 Å². The Morgan fingerprint density at radius 2 is 2.10 bits per heavy atom. The maximum absolute atomic E-state index is 12.5. The molecule has 0 saturated heterocycles. The van der Waals surface area contributed by atoms with Gasteiger partial charge in [0.05, 0.1) is 5.56 Å². The summed E-state index contributed by atoms with van der Waals surface area (Å²) >= 11 is 1.57. The van der Waals surface area contributed by atoms with Crippen molar-refractivity contribution in [3.8, 4) is 17.6 Å². The zero-order valence-electron chi connectivity index (χ0n) is 16.6. The molecule has 4 rings (SSSR count). The maximum atomic E-state index is 12.5. The van der Waals surface area contributed by atoms with E-state index < -0.39 is 0 Å². The monoisotopic (exact) mass is 411 g/mol. The first-order valence-corrected chi connectivity index (χ1v) is 10.9. The van der Waals surface area contributed by atoms with Gasteiger partial charge in [-0.2, -0.15) is 5.26 Å². The number of carbonyl (C=O) groups excluding carboxylic acids is 1. The topological polar surface area (TPSA) is 74.6 Å². The molecular formula is C22H25N3O3S. The molecule has 1 unspecified atom stereocenters. The number of nitrogens with zero attached hydrogens (tertiary/aromatic N) is 2. The Kier molecular flexibility index (Phi) is 6.02. The Morgan fingerprint density at radius 1 is 1.31 bits per heavy atom. The van der Waals surface area contributed by atoms with E-state index in [1.165, 1.54) is 4.88 Å². The van der Waals surface area contributed by atoms with E-state index in [9.17, 15) is 10.1 Å². The van der Waals surface area contributed by atoms with Crippen molar-refractivity contribution in [3.05, 3.63) is 40.3 Å². The van der Waals surface area contributed by atoms with E-state index in [0.29, 0.717) is 36.7 Å². The zero-order chi connectivity index (χ0) is 20.2. The van der Waals surface area contributed by atoms with Crippen LogP contribution in [0.15, 0.2) is 24.3 Å². The van der Waals surface area contributed by atoms with E-state index >= 15 is 0 Å². The maximum Gasteiger partial charge on any atom is 0.226 e. The molecule has 7 heteroatoms. The van der Waals surface area contributed by atoms with Crippen molar-refractivity contribution in [3.63, 3.8) is 0 Å². The number of benzene rings is 1. The molecule has 0 saturated carbocycles. The molecule has 2 aliphatic rings. The van der Waals surface area contributed by atoms with E-state index in [-0.39, 0.29) is 12.0 Å². The van der Waals surface area contributed by atoms with Gasteiger partial charge in [-0.05, 0) is 50.4 Å². The molecule has 1 aromatic carbocycles. The minimum absolute atomic E-state index is 0.0573. The Balaban J connectivity index is 1.27. The first kappa shape index (κ1) is 19.7. The van der Waals surface area contributed by atoms with Crippen molar-refractivity contribution < 1.29 is 14.3 Å². The second-order valence-corrected chi connectivity index (χ2v) is 8.69. The van der Waals surface area contributed by atoms with Crippen LogP contribution in [0.4, 0.5) is 5.00 Å². The Hall–Kier alpha value is -2.56. The molecule has 1 aliphatic heterocycles. The summed E-state index contributed by atoms with van der Waals surface area (Å²) in [5.41, 5.74) is 1.81. The molecule has 6 nitrogen and oxygen atoms in total. The number of nitrogens with one attached hydrogen (secondary N) is 1. The Morgan fingerprint density at radius 3 is 2.93 bits per heavy atom. The molecule has 2 aromatic rings. The van der Waals surface area contributed by atoms with Crippen LogP contribution in [0.25, 0.3) is 0 Å². The van der Waals surface area contributed by atoms with E-state index in [1.807, 2.05) is 31.3 Å². The number of para-hydroxylation sites is 2. The molecule has 152 valence electrons. The van der Waals surface area contributed by atoms with Gasteiger partial charge in [0, 0.05) is 24.4 Å². The van der Waals surface area contributed by atoms with Crippen LogP contribution in [-0.4, -0.2) is 43.7 Å². The number of ether oxygens (including phenoxy) is 2. The average Bonchev–Trinajstić information content (AvgIpc) is 3.09. The van der Waals surface area contributed by atoms with Gasteiger partial charge in [0.2, 0.25) is 5.91 Å². The standard InChI is InChI=1S/C22H25N3O3S/c1-25(13-15-14-27-18-7-3-4-8-19(18)28-15)11-10-21(26)24-22-17(12-23)16-6-2-5-9-20(16)29-22/h3-4,7-8,15H,2,5-6,9-11,13-14H2,1H3,(H,24,26). The average molecular weight is 412 g/mol. The molecule has 1 atom stereocenters. The summed E-state index contributed by atoms with van der Waals surface area (Å²) in [6, 6.07) is 9.95. The molecule has 29 heavy (non-hydrogen) atoms. The van der Waals surface area contributed by atoms with E-state index in [4.69, 9.17) is 9.47 Å². The molecular weight excluding hydrogens is 386 g/mol. The Labute approximate surface area is 175 Å². The molecule has 0 radical (unpaired) electrons. The van der Waals surface area contributed by atoms with Gasteiger partial charge >= 0.3 is 0 Å². The molecule has 2 heterocycles. The predicted octanol–water partition coefficient (Wildman–Crippen LogP) is 3.60. The number of rotatable bonds is 6. The SMILES string of the molecule is CN(CCC(=O)Nc1sc2c(c1C#N)CCCC2)CC1COc2ccccc2O1. The fourth-order valence-electron chi connectivity index (χ4n) is 3.85. The highest BCUT2D eigenvalue weighted by molar-refractivity contribution is 7.16. The third kappa shape index (κ3) is 4.55. The molecule has 0 bridgehead atoms. The lowest BCUT2D eigenvalue weighted by atomic mass is 9.96. The van der Waals surface area contributed by atoms with Crippen molar-refractivity contribution in [1.82, 2.24) is 4.90 Å². The number of carbonyl (C=O) groups is 1. The van der Waals surface area contributed by atoms with Crippen LogP contribution in [0.5, 0.6) is 11.5 Å². The first-order valence-electron chi connectivity index (χ1n) is 10.1. The molecule has 0 spiro atoms. The normalized spacial score (nSPS) is 17.5.